The zero-order valence-electron chi connectivity index (χ0n) is 11.2. The fourth-order valence-corrected chi connectivity index (χ4v) is 2.38. The zero-order chi connectivity index (χ0) is 13.5. The Morgan fingerprint density at radius 2 is 1.94 bits per heavy atom. The number of amides is 1. The molecule has 5 nitrogen and oxygen atoms in total. The third-order valence-electron chi connectivity index (χ3n) is 3.46. The summed E-state index contributed by atoms with van der Waals surface area (Å²) in [5.41, 5.74) is 0. The molecule has 0 heterocycles. The number of carbonyl (C=O) groups excluding carboxylic acids is 1. The van der Waals surface area contributed by atoms with Gasteiger partial charge in [-0.3, -0.25) is 9.59 Å². The smallest absolute Gasteiger partial charge is 0.306 e. The average molecular weight is 256 g/mol. The number of nitrogens with one attached hydrogen (secondary N) is 2. The van der Waals surface area contributed by atoms with E-state index in [4.69, 9.17) is 5.11 Å². The van der Waals surface area contributed by atoms with Crippen molar-refractivity contribution >= 4 is 11.9 Å². The van der Waals surface area contributed by atoms with Gasteiger partial charge in [-0.2, -0.15) is 0 Å². The van der Waals surface area contributed by atoms with Crippen LogP contribution in [0.25, 0.3) is 0 Å². The summed E-state index contributed by atoms with van der Waals surface area (Å²) in [4.78, 5) is 22.6. The quantitative estimate of drug-likeness (QED) is 0.662. The number of rotatable bonds is 6. The number of hydrogen-bond acceptors (Lipinski definition) is 3. The molecule has 1 aliphatic carbocycles. The summed E-state index contributed by atoms with van der Waals surface area (Å²) in [6.07, 6.45) is 3.68. The van der Waals surface area contributed by atoms with Crippen LogP contribution in [-0.2, 0) is 9.59 Å². The molecule has 2 atom stereocenters. The van der Waals surface area contributed by atoms with Gasteiger partial charge in [-0.25, -0.2) is 0 Å². The summed E-state index contributed by atoms with van der Waals surface area (Å²) >= 11 is 0. The zero-order valence-corrected chi connectivity index (χ0v) is 11.2. The Morgan fingerprint density at radius 3 is 2.56 bits per heavy atom. The molecule has 0 aromatic rings. The van der Waals surface area contributed by atoms with E-state index >= 15 is 0 Å². The predicted octanol–water partition coefficient (Wildman–Crippen LogP) is 0.992. The van der Waals surface area contributed by atoms with E-state index < -0.39 is 5.97 Å². The largest absolute Gasteiger partial charge is 0.481 e. The normalized spacial score (nSPS) is 23.9. The maximum atomic E-state index is 11.5. The molecule has 1 aliphatic rings. The molecule has 3 N–H and O–H groups in total. The van der Waals surface area contributed by atoms with Crippen LogP contribution in [0, 0.1) is 11.8 Å². The van der Waals surface area contributed by atoms with Gasteiger partial charge < -0.3 is 15.7 Å². The maximum Gasteiger partial charge on any atom is 0.306 e. The molecule has 1 saturated carbocycles. The van der Waals surface area contributed by atoms with Gasteiger partial charge in [-0.1, -0.05) is 26.7 Å². The van der Waals surface area contributed by atoms with Crippen molar-refractivity contribution in [2.45, 2.75) is 45.6 Å². The second-order valence-corrected chi connectivity index (χ2v) is 5.33. The van der Waals surface area contributed by atoms with Crippen molar-refractivity contribution < 1.29 is 14.7 Å². The summed E-state index contributed by atoms with van der Waals surface area (Å²) < 4.78 is 0. The summed E-state index contributed by atoms with van der Waals surface area (Å²) in [5.74, 6) is -0.996. The standard InChI is InChI=1S/C13H24N2O3/c1-9(2)14-8-12(16)15-7-10-5-3-4-6-11(10)13(17)18/h9-11,14H,3-8H2,1-2H3,(H,15,16)(H,17,18). The van der Waals surface area contributed by atoms with Crippen LogP contribution in [0.2, 0.25) is 0 Å². The Balaban J connectivity index is 2.31. The predicted molar refractivity (Wildman–Crippen MR) is 69.2 cm³/mol. The van der Waals surface area contributed by atoms with E-state index in [9.17, 15) is 9.59 Å². The molecule has 0 aliphatic heterocycles. The van der Waals surface area contributed by atoms with E-state index in [2.05, 4.69) is 10.6 Å². The molecule has 0 saturated heterocycles. The fourth-order valence-electron chi connectivity index (χ4n) is 2.38. The topological polar surface area (TPSA) is 78.4 Å². The van der Waals surface area contributed by atoms with Gasteiger partial charge in [-0.05, 0) is 18.8 Å². The molecule has 1 amide bonds. The first-order chi connectivity index (χ1) is 8.50. The first kappa shape index (κ1) is 15.0. The summed E-state index contributed by atoms with van der Waals surface area (Å²) in [5, 5.41) is 15.0. The molecular formula is C13H24N2O3. The van der Waals surface area contributed by atoms with Gasteiger partial charge in [0, 0.05) is 12.6 Å². The SMILES string of the molecule is CC(C)NCC(=O)NCC1CCCCC1C(=O)O. The highest BCUT2D eigenvalue weighted by atomic mass is 16.4. The molecule has 104 valence electrons. The van der Waals surface area contributed by atoms with Crippen molar-refractivity contribution in [3.05, 3.63) is 0 Å². The minimum Gasteiger partial charge on any atom is -0.481 e. The minimum atomic E-state index is -0.728. The van der Waals surface area contributed by atoms with Gasteiger partial charge in [0.05, 0.1) is 12.5 Å². The first-order valence-electron chi connectivity index (χ1n) is 6.73. The van der Waals surface area contributed by atoms with Gasteiger partial charge in [-0.15, -0.1) is 0 Å². The molecule has 2 unspecified atom stereocenters. The molecular weight excluding hydrogens is 232 g/mol. The fraction of sp³-hybridized carbons (Fsp3) is 0.846. The molecule has 0 spiro atoms. The summed E-state index contributed by atoms with van der Waals surface area (Å²) in [6.45, 7) is 4.74. The molecule has 0 radical (unpaired) electrons. The van der Waals surface area contributed by atoms with E-state index in [-0.39, 0.29) is 23.8 Å². The van der Waals surface area contributed by atoms with Crippen molar-refractivity contribution in [3.8, 4) is 0 Å². The van der Waals surface area contributed by atoms with Crippen molar-refractivity contribution in [2.75, 3.05) is 13.1 Å². The number of carboxylic acid groups (broad SMARTS) is 1. The Hall–Kier alpha value is -1.10. The molecule has 1 rings (SSSR count). The molecule has 18 heavy (non-hydrogen) atoms. The average Bonchev–Trinajstić information content (AvgIpc) is 2.34. The third-order valence-corrected chi connectivity index (χ3v) is 3.46. The Morgan fingerprint density at radius 1 is 1.28 bits per heavy atom. The molecule has 0 bridgehead atoms. The van der Waals surface area contributed by atoms with Crippen molar-refractivity contribution in [1.82, 2.24) is 10.6 Å². The lowest BCUT2D eigenvalue weighted by atomic mass is 9.79. The van der Waals surface area contributed by atoms with Crippen LogP contribution >= 0.6 is 0 Å². The number of aliphatic carboxylic acids is 1. The van der Waals surface area contributed by atoms with Crippen LogP contribution in [0.15, 0.2) is 0 Å². The van der Waals surface area contributed by atoms with Crippen LogP contribution in [-0.4, -0.2) is 36.1 Å². The third kappa shape index (κ3) is 5.04. The van der Waals surface area contributed by atoms with Crippen LogP contribution in [0.4, 0.5) is 0 Å². The van der Waals surface area contributed by atoms with Gasteiger partial charge in [0.2, 0.25) is 5.91 Å². The monoisotopic (exact) mass is 256 g/mol. The lowest BCUT2D eigenvalue weighted by Crippen LogP contribution is -2.41. The van der Waals surface area contributed by atoms with E-state index in [0.29, 0.717) is 13.1 Å². The van der Waals surface area contributed by atoms with Gasteiger partial charge in [0.1, 0.15) is 0 Å². The van der Waals surface area contributed by atoms with Crippen molar-refractivity contribution in [3.63, 3.8) is 0 Å². The van der Waals surface area contributed by atoms with Crippen LogP contribution in [0.1, 0.15) is 39.5 Å². The Kier molecular flexibility index (Phi) is 6.12. The minimum absolute atomic E-state index is 0.0570. The van der Waals surface area contributed by atoms with E-state index in [0.717, 1.165) is 25.7 Å². The second kappa shape index (κ2) is 7.36. The highest BCUT2D eigenvalue weighted by Gasteiger charge is 2.30. The molecule has 5 heteroatoms. The van der Waals surface area contributed by atoms with Gasteiger partial charge >= 0.3 is 5.97 Å². The second-order valence-electron chi connectivity index (χ2n) is 5.33. The van der Waals surface area contributed by atoms with E-state index in [1.54, 1.807) is 0 Å². The Bertz CT molecular complexity index is 292. The van der Waals surface area contributed by atoms with E-state index in [1.807, 2.05) is 13.8 Å². The molecule has 0 aromatic heterocycles. The number of carboxylic acids is 1. The van der Waals surface area contributed by atoms with Gasteiger partial charge in [0.25, 0.3) is 0 Å². The maximum absolute atomic E-state index is 11.5. The van der Waals surface area contributed by atoms with Gasteiger partial charge in [0.15, 0.2) is 0 Å². The first-order valence-corrected chi connectivity index (χ1v) is 6.73. The number of hydrogen-bond donors (Lipinski definition) is 3. The van der Waals surface area contributed by atoms with Crippen LogP contribution in [0.3, 0.4) is 0 Å². The highest BCUT2D eigenvalue weighted by Crippen LogP contribution is 2.29. The van der Waals surface area contributed by atoms with Crippen LogP contribution < -0.4 is 10.6 Å². The lowest BCUT2D eigenvalue weighted by Gasteiger charge is -2.28. The van der Waals surface area contributed by atoms with E-state index in [1.165, 1.54) is 0 Å². The lowest BCUT2D eigenvalue weighted by molar-refractivity contribution is -0.145. The number of carbonyl (C=O) groups is 2. The van der Waals surface area contributed by atoms with Crippen molar-refractivity contribution in [1.29, 1.82) is 0 Å². The molecule has 1 fully saturated rings. The van der Waals surface area contributed by atoms with Crippen LogP contribution in [0.5, 0.6) is 0 Å². The Labute approximate surface area is 108 Å². The summed E-state index contributed by atoms with van der Waals surface area (Å²) in [6, 6.07) is 0.275. The van der Waals surface area contributed by atoms with Crippen molar-refractivity contribution in [2.24, 2.45) is 11.8 Å². The highest BCUT2D eigenvalue weighted by molar-refractivity contribution is 5.78. The summed E-state index contributed by atoms with van der Waals surface area (Å²) in [7, 11) is 0. The molecule has 0 aromatic carbocycles.